The van der Waals surface area contributed by atoms with Gasteiger partial charge in [0.1, 0.15) is 0 Å². The van der Waals surface area contributed by atoms with Crippen LogP contribution >= 0.6 is 23.8 Å². The number of hydrogen-bond acceptors (Lipinski definition) is 3. The summed E-state index contributed by atoms with van der Waals surface area (Å²) in [5.41, 5.74) is 9.50. The van der Waals surface area contributed by atoms with Gasteiger partial charge in [-0.15, -0.1) is 0 Å². The van der Waals surface area contributed by atoms with Crippen molar-refractivity contribution in [3.63, 3.8) is 0 Å². The molecule has 2 amide bonds. The van der Waals surface area contributed by atoms with Gasteiger partial charge in [-0.25, -0.2) is 0 Å². The van der Waals surface area contributed by atoms with Crippen molar-refractivity contribution in [3.05, 3.63) is 100 Å². The van der Waals surface area contributed by atoms with Crippen LogP contribution in [0.1, 0.15) is 39.5 Å². The molecule has 0 spiro atoms. The number of thiocarbonyl (C=S) groups is 1. The molecule has 0 aliphatic heterocycles. The fourth-order valence-corrected chi connectivity index (χ4v) is 3.60. The summed E-state index contributed by atoms with van der Waals surface area (Å²) >= 11 is 11.4. The summed E-state index contributed by atoms with van der Waals surface area (Å²) in [7, 11) is 0. The zero-order valence-electron chi connectivity index (χ0n) is 18.3. The number of carbonyl (C=O) groups excluding carboxylic acids is 2. The molecule has 3 aromatic rings. The van der Waals surface area contributed by atoms with Gasteiger partial charge < -0.3 is 10.6 Å². The van der Waals surface area contributed by atoms with Crippen LogP contribution in [0, 0.1) is 13.8 Å². The van der Waals surface area contributed by atoms with E-state index in [1.807, 2.05) is 62.4 Å². The second-order valence-corrected chi connectivity index (χ2v) is 8.31. The Labute approximate surface area is 203 Å². The number of carbonyl (C=O) groups is 2. The minimum absolute atomic E-state index is 0.000702. The summed E-state index contributed by atoms with van der Waals surface area (Å²) in [6.07, 6.45) is -0.000702. The van der Waals surface area contributed by atoms with Crippen LogP contribution in [0.5, 0.6) is 0 Å². The van der Waals surface area contributed by atoms with E-state index in [1.165, 1.54) is 0 Å². The van der Waals surface area contributed by atoms with Crippen molar-refractivity contribution in [2.45, 2.75) is 26.3 Å². The second-order valence-electron chi connectivity index (χ2n) is 7.50. The Morgan fingerprint density at radius 3 is 2.33 bits per heavy atom. The lowest BCUT2D eigenvalue weighted by atomic mass is 10.0. The number of aryl methyl sites for hydroxylation is 1. The number of anilines is 1. The fourth-order valence-electron chi connectivity index (χ4n) is 3.22. The molecule has 0 heterocycles. The topological polar surface area (TPSA) is 82.3 Å². The minimum atomic E-state index is -0.558. The number of hydrogen-bond donors (Lipinski definition) is 4. The van der Waals surface area contributed by atoms with Crippen LogP contribution in [0.2, 0.25) is 5.02 Å². The summed E-state index contributed by atoms with van der Waals surface area (Å²) in [6.45, 7) is 4.00. The Hall–Kier alpha value is -3.42. The normalized spacial score (nSPS) is 11.2. The van der Waals surface area contributed by atoms with Gasteiger partial charge in [0.05, 0.1) is 23.0 Å². The lowest BCUT2D eigenvalue weighted by Crippen LogP contribution is -2.45. The van der Waals surface area contributed by atoms with E-state index < -0.39 is 6.04 Å². The minimum Gasteiger partial charge on any atom is -0.345 e. The highest BCUT2D eigenvalue weighted by Gasteiger charge is 2.20. The van der Waals surface area contributed by atoms with Gasteiger partial charge in [-0.1, -0.05) is 66.2 Å². The number of amides is 2. The van der Waals surface area contributed by atoms with Crippen molar-refractivity contribution in [1.29, 1.82) is 0 Å². The molecule has 0 fully saturated rings. The first-order chi connectivity index (χ1) is 15.8. The predicted molar refractivity (Wildman–Crippen MR) is 136 cm³/mol. The molecule has 3 aromatic carbocycles. The molecule has 0 aromatic heterocycles. The SMILES string of the molecule is Cc1cccc(NC(=S)NNC(=O)CC(NC(=O)c2ccccc2Cl)c2ccccc2)c1C. The number of rotatable bonds is 6. The number of hydrazine groups is 1. The zero-order chi connectivity index (χ0) is 23.8. The third-order valence-corrected chi connectivity index (χ3v) is 5.72. The molecule has 0 aliphatic carbocycles. The van der Waals surface area contributed by atoms with E-state index in [1.54, 1.807) is 24.3 Å². The van der Waals surface area contributed by atoms with Crippen LogP contribution in [-0.4, -0.2) is 16.9 Å². The van der Waals surface area contributed by atoms with Crippen molar-refractivity contribution < 1.29 is 9.59 Å². The van der Waals surface area contributed by atoms with E-state index in [0.717, 1.165) is 22.4 Å². The van der Waals surface area contributed by atoms with Crippen LogP contribution in [0.3, 0.4) is 0 Å². The van der Waals surface area contributed by atoms with E-state index in [9.17, 15) is 9.59 Å². The molecular formula is C25H25ClN4O2S. The average molecular weight is 481 g/mol. The average Bonchev–Trinajstić information content (AvgIpc) is 2.81. The summed E-state index contributed by atoms with van der Waals surface area (Å²) in [5.74, 6) is -0.698. The van der Waals surface area contributed by atoms with Gasteiger partial charge in [0.25, 0.3) is 5.91 Å². The Morgan fingerprint density at radius 2 is 1.61 bits per heavy atom. The first kappa shape index (κ1) is 24.2. The van der Waals surface area contributed by atoms with Gasteiger partial charge in [-0.2, -0.15) is 0 Å². The van der Waals surface area contributed by atoms with E-state index in [-0.39, 0.29) is 23.3 Å². The molecular weight excluding hydrogens is 456 g/mol. The lowest BCUT2D eigenvalue weighted by Gasteiger charge is -2.20. The standard InChI is InChI=1S/C25H25ClN4O2S/c1-16-9-8-14-21(17(16)2)28-25(33)30-29-23(31)15-22(18-10-4-3-5-11-18)27-24(32)19-12-6-7-13-20(19)26/h3-14,22H,15H2,1-2H3,(H,27,32)(H,29,31)(H2,28,30,33). The van der Waals surface area contributed by atoms with Crippen molar-refractivity contribution >= 4 is 46.4 Å². The van der Waals surface area contributed by atoms with Crippen LogP contribution in [0.25, 0.3) is 0 Å². The van der Waals surface area contributed by atoms with Crippen molar-refractivity contribution in [1.82, 2.24) is 16.2 Å². The molecule has 0 radical (unpaired) electrons. The van der Waals surface area contributed by atoms with Gasteiger partial charge in [0, 0.05) is 5.69 Å². The van der Waals surface area contributed by atoms with Gasteiger partial charge in [0.2, 0.25) is 5.91 Å². The van der Waals surface area contributed by atoms with Crippen LogP contribution in [0.4, 0.5) is 5.69 Å². The maximum Gasteiger partial charge on any atom is 0.253 e. The Kier molecular flexibility index (Phi) is 8.40. The van der Waals surface area contributed by atoms with E-state index >= 15 is 0 Å². The highest BCUT2D eigenvalue weighted by atomic mass is 35.5. The fraction of sp³-hybridized carbons (Fsp3) is 0.160. The molecule has 170 valence electrons. The van der Waals surface area contributed by atoms with E-state index in [4.69, 9.17) is 23.8 Å². The molecule has 6 nitrogen and oxygen atoms in total. The zero-order valence-corrected chi connectivity index (χ0v) is 19.9. The smallest absolute Gasteiger partial charge is 0.253 e. The van der Waals surface area contributed by atoms with Crippen LogP contribution in [-0.2, 0) is 4.79 Å². The summed E-state index contributed by atoms with van der Waals surface area (Å²) in [5, 5.41) is 6.58. The maximum atomic E-state index is 12.8. The third kappa shape index (κ3) is 6.78. The van der Waals surface area contributed by atoms with Crippen molar-refractivity contribution in [2.24, 2.45) is 0 Å². The molecule has 4 N–H and O–H groups in total. The van der Waals surface area contributed by atoms with Gasteiger partial charge in [-0.3, -0.25) is 20.4 Å². The molecule has 0 saturated heterocycles. The third-order valence-electron chi connectivity index (χ3n) is 5.18. The molecule has 1 unspecified atom stereocenters. The quantitative estimate of drug-likeness (QED) is 0.300. The number of nitrogens with one attached hydrogen (secondary N) is 4. The molecule has 0 aliphatic rings. The first-order valence-electron chi connectivity index (χ1n) is 10.4. The predicted octanol–water partition coefficient (Wildman–Crippen LogP) is 4.84. The molecule has 3 rings (SSSR count). The summed E-state index contributed by atoms with van der Waals surface area (Å²) < 4.78 is 0. The van der Waals surface area contributed by atoms with E-state index in [2.05, 4.69) is 21.5 Å². The lowest BCUT2D eigenvalue weighted by molar-refractivity contribution is -0.122. The molecule has 0 bridgehead atoms. The Balaban J connectivity index is 1.63. The molecule has 8 heteroatoms. The number of halogens is 1. The molecule has 0 saturated carbocycles. The van der Waals surface area contributed by atoms with Crippen molar-refractivity contribution in [3.8, 4) is 0 Å². The molecule has 1 atom stereocenters. The van der Waals surface area contributed by atoms with Crippen LogP contribution < -0.4 is 21.5 Å². The van der Waals surface area contributed by atoms with Crippen molar-refractivity contribution in [2.75, 3.05) is 5.32 Å². The van der Waals surface area contributed by atoms with Gasteiger partial charge in [-0.05, 0) is 61.0 Å². The molecule has 33 heavy (non-hydrogen) atoms. The maximum absolute atomic E-state index is 12.8. The second kappa shape index (κ2) is 11.4. The first-order valence-corrected chi connectivity index (χ1v) is 11.2. The van der Waals surface area contributed by atoms with E-state index in [0.29, 0.717) is 10.6 Å². The summed E-state index contributed by atoms with van der Waals surface area (Å²) in [4.78, 5) is 25.4. The highest BCUT2D eigenvalue weighted by molar-refractivity contribution is 7.80. The largest absolute Gasteiger partial charge is 0.345 e. The monoisotopic (exact) mass is 480 g/mol. The number of benzene rings is 3. The van der Waals surface area contributed by atoms with Gasteiger partial charge in [0.15, 0.2) is 5.11 Å². The van der Waals surface area contributed by atoms with Crippen LogP contribution in [0.15, 0.2) is 72.8 Å². The Morgan fingerprint density at radius 1 is 0.909 bits per heavy atom. The Bertz CT molecular complexity index is 1150. The highest BCUT2D eigenvalue weighted by Crippen LogP contribution is 2.20. The summed E-state index contributed by atoms with van der Waals surface area (Å²) in [6, 6.07) is 21.3. The van der Waals surface area contributed by atoms with Gasteiger partial charge >= 0.3 is 0 Å².